The van der Waals surface area contributed by atoms with E-state index in [9.17, 15) is 4.79 Å². The van der Waals surface area contributed by atoms with Gasteiger partial charge in [0.25, 0.3) is 0 Å². The third-order valence-electron chi connectivity index (χ3n) is 2.48. The smallest absolute Gasteiger partial charge is 0.250 e. The number of aromatic nitrogens is 3. The van der Waals surface area contributed by atoms with Gasteiger partial charge in [0.1, 0.15) is 0 Å². The molecule has 0 aliphatic rings. The molecule has 0 aliphatic heterocycles. The summed E-state index contributed by atoms with van der Waals surface area (Å²) in [5, 5.41) is 4.24. The molecule has 2 aromatic heterocycles. The van der Waals surface area contributed by atoms with Gasteiger partial charge >= 0.3 is 5.69 Å². The van der Waals surface area contributed by atoms with Crippen molar-refractivity contribution in [2.24, 2.45) is 0 Å². The summed E-state index contributed by atoms with van der Waals surface area (Å²) in [5.74, 6) is 0. The quantitative estimate of drug-likeness (QED) is 0.761. The minimum atomic E-state index is -0.0397. The molecule has 4 heteroatoms. The maximum Gasteiger partial charge on any atom is 0.350 e. The molecule has 0 aromatic carbocycles. The zero-order chi connectivity index (χ0) is 10.8. The monoisotopic (exact) mass is 205 g/mol. The van der Waals surface area contributed by atoms with Crippen molar-refractivity contribution in [3.63, 3.8) is 0 Å². The van der Waals surface area contributed by atoms with Crippen molar-refractivity contribution in [1.82, 2.24) is 14.2 Å². The molecule has 0 saturated heterocycles. The van der Waals surface area contributed by atoms with Crippen LogP contribution in [0.3, 0.4) is 0 Å². The van der Waals surface area contributed by atoms with Crippen molar-refractivity contribution < 1.29 is 0 Å². The second-order valence-corrected chi connectivity index (χ2v) is 3.62. The van der Waals surface area contributed by atoms with Crippen LogP contribution in [0.4, 0.5) is 0 Å². The van der Waals surface area contributed by atoms with E-state index in [0.29, 0.717) is 6.54 Å². The molecule has 2 heterocycles. The van der Waals surface area contributed by atoms with Crippen LogP contribution < -0.4 is 5.69 Å². The first-order chi connectivity index (χ1) is 7.26. The number of hydrogen-bond acceptors (Lipinski definition) is 2. The van der Waals surface area contributed by atoms with Gasteiger partial charge in [-0.3, -0.25) is 4.40 Å². The van der Waals surface area contributed by atoms with Crippen LogP contribution in [0.1, 0.15) is 25.8 Å². The molecule has 2 aromatic rings. The molecular weight excluding hydrogens is 190 g/mol. The number of aryl methyl sites for hydroxylation is 2. The van der Waals surface area contributed by atoms with E-state index in [2.05, 4.69) is 12.0 Å². The van der Waals surface area contributed by atoms with Crippen molar-refractivity contribution in [2.45, 2.75) is 33.2 Å². The zero-order valence-electron chi connectivity index (χ0n) is 9.10. The van der Waals surface area contributed by atoms with E-state index in [4.69, 9.17) is 0 Å². The van der Waals surface area contributed by atoms with E-state index >= 15 is 0 Å². The molecular formula is C11H15N3O. The van der Waals surface area contributed by atoms with Crippen LogP contribution in [0.5, 0.6) is 0 Å². The van der Waals surface area contributed by atoms with Crippen LogP contribution in [0.2, 0.25) is 0 Å². The SMILES string of the molecule is CCCn1nc2ccc(CC)cn2c1=O. The lowest BCUT2D eigenvalue weighted by Crippen LogP contribution is -2.20. The fraction of sp³-hybridized carbons (Fsp3) is 0.455. The molecule has 0 atom stereocenters. The van der Waals surface area contributed by atoms with Crippen LogP contribution in [0.25, 0.3) is 5.65 Å². The Hall–Kier alpha value is -1.58. The number of fused-ring (bicyclic) bond motifs is 1. The molecule has 80 valence electrons. The predicted octanol–water partition coefficient (Wildman–Crippen LogP) is 1.47. The highest BCUT2D eigenvalue weighted by molar-refractivity contribution is 5.38. The molecule has 0 radical (unpaired) electrons. The van der Waals surface area contributed by atoms with E-state index in [1.807, 2.05) is 25.3 Å². The summed E-state index contributed by atoms with van der Waals surface area (Å²) in [4.78, 5) is 11.8. The second kappa shape index (κ2) is 3.88. The highest BCUT2D eigenvalue weighted by atomic mass is 16.2. The van der Waals surface area contributed by atoms with Crippen molar-refractivity contribution in [3.8, 4) is 0 Å². The number of rotatable bonds is 3. The van der Waals surface area contributed by atoms with Gasteiger partial charge in [0, 0.05) is 12.7 Å². The third-order valence-corrected chi connectivity index (χ3v) is 2.48. The minimum absolute atomic E-state index is 0.0397. The minimum Gasteiger partial charge on any atom is -0.250 e. The number of nitrogens with zero attached hydrogens (tertiary/aromatic N) is 3. The van der Waals surface area contributed by atoms with Gasteiger partial charge in [0.05, 0.1) is 0 Å². The van der Waals surface area contributed by atoms with Gasteiger partial charge in [-0.05, 0) is 24.5 Å². The summed E-state index contributed by atoms with van der Waals surface area (Å²) in [6.45, 7) is 4.79. The fourth-order valence-corrected chi connectivity index (χ4v) is 1.63. The summed E-state index contributed by atoms with van der Waals surface area (Å²) in [6, 6.07) is 3.91. The molecule has 0 unspecified atom stereocenters. The highest BCUT2D eigenvalue weighted by Crippen LogP contribution is 2.02. The van der Waals surface area contributed by atoms with Crippen molar-refractivity contribution in [3.05, 3.63) is 34.4 Å². The highest BCUT2D eigenvalue weighted by Gasteiger charge is 2.05. The molecule has 0 bridgehead atoms. The van der Waals surface area contributed by atoms with Gasteiger partial charge in [-0.25, -0.2) is 9.48 Å². The second-order valence-electron chi connectivity index (χ2n) is 3.62. The number of pyridine rings is 1. The fourth-order valence-electron chi connectivity index (χ4n) is 1.63. The van der Waals surface area contributed by atoms with Gasteiger partial charge < -0.3 is 0 Å². The lowest BCUT2D eigenvalue weighted by atomic mass is 10.2. The molecule has 0 fully saturated rings. The Balaban J connectivity index is 2.61. The summed E-state index contributed by atoms with van der Waals surface area (Å²) >= 11 is 0. The molecule has 4 nitrogen and oxygen atoms in total. The van der Waals surface area contributed by atoms with Crippen LogP contribution in [-0.2, 0) is 13.0 Å². The predicted molar refractivity (Wildman–Crippen MR) is 59.1 cm³/mol. The van der Waals surface area contributed by atoms with Crippen LogP contribution >= 0.6 is 0 Å². The molecule has 0 saturated carbocycles. The largest absolute Gasteiger partial charge is 0.350 e. The van der Waals surface area contributed by atoms with Gasteiger partial charge in [-0.2, -0.15) is 0 Å². The zero-order valence-corrected chi connectivity index (χ0v) is 9.10. The molecule has 0 spiro atoms. The third kappa shape index (κ3) is 1.67. The van der Waals surface area contributed by atoms with E-state index in [1.165, 1.54) is 4.68 Å². The summed E-state index contributed by atoms with van der Waals surface area (Å²) in [6.07, 6.45) is 3.72. The summed E-state index contributed by atoms with van der Waals surface area (Å²) in [5.41, 5.74) is 1.84. The molecule has 15 heavy (non-hydrogen) atoms. The first-order valence-corrected chi connectivity index (χ1v) is 5.34. The topological polar surface area (TPSA) is 39.3 Å². The molecule has 0 N–H and O–H groups in total. The van der Waals surface area contributed by atoms with Crippen molar-refractivity contribution >= 4 is 5.65 Å². The van der Waals surface area contributed by atoms with Crippen LogP contribution in [0.15, 0.2) is 23.1 Å². The van der Waals surface area contributed by atoms with E-state index in [1.54, 1.807) is 4.40 Å². The van der Waals surface area contributed by atoms with E-state index < -0.39 is 0 Å². The average Bonchev–Trinajstić information content (AvgIpc) is 2.56. The van der Waals surface area contributed by atoms with E-state index in [-0.39, 0.29) is 5.69 Å². The number of hydrogen-bond donors (Lipinski definition) is 0. The first kappa shape index (κ1) is 9.96. The molecule has 2 rings (SSSR count). The van der Waals surface area contributed by atoms with Crippen LogP contribution in [-0.4, -0.2) is 14.2 Å². The Kier molecular flexibility index (Phi) is 2.58. The maximum atomic E-state index is 11.8. The Bertz CT molecular complexity index is 524. The van der Waals surface area contributed by atoms with Gasteiger partial charge in [-0.1, -0.05) is 19.9 Å². The van der Waals surface area contributed by atoms with E-state index in [0.717, 1.165) is 24.1 Å². The van der Waals surface area contributed by atoms with Crippen molar-refractivity contribution in [2.75, 3.05) is 0 Å². The average molecular weight is 205 g/mol. The molecule has 0 aliphatic carbocycles. The summed E-state index contributed by atoms with van der Waals surface area (Å²) in [7, 11) is 0. The Morgan fingerprint density at radius 1 is 1.33 bits per heavy atom. The normalized spacial score (nSPS) is 11.1. The molecule has 0 amide bonds. The van der Waals surface area contributed by atoms with Gasteiger partial charge in [0.2, 0.25) is 0 Å². The Morgan fingerprint density at radius 2 is 2.13 bits per heavy atom. The van der Waals surface area contributed by atoms with Crippen LogP contribution in [0, 0.1) is 0 Å². The standard InChI is InChI=1S/C11H15N3O/c1-3-7-14-11(15)13-8-9(4-2)5-6-10(13)12-14/h5-6,8H,3-4,7H2,1-2H3. The first-order valence-electron chi connectivity index (χ1n) is 5.34. The lowest BCUT2D eigenvalue weighted by Gasteiger charge is -1.95. The Labute approximate surface area is 88.2 Å². The summed E-state index contributed by atoms with van der Waals surface area (Å²) < 4.78 is 3.14. The lowest BCUT2D eigenvalue weighted by molar-refractivity contribution is 0.582. The van der Waals surface area contributed by atoms with Crippen molar-refractivity contribution in [1.29, 1.82) is 0 Å². The van der Waals surface area contributed by atoms with Gasteiger partial charge in [-0.15, -0.1) is 5.10 Å². The Morgan fingerprint density at radius 3 is 2.80 bits per heavy atom. The maximum absolute atomic E-state index is 11.8. The van der Waals surface area contributed by atoms with Gasteiger partial charge in [0.15, 0.2) is 5.65 Å².